The zero-order valence-electron chi connectivity index (χ0n) is 9.05. The molecule has 3 heteroatoms. The second kappa shape index (κ2) is 4.49. The quantitative estimate of drug-likeness (QED) is 0.638. The van der Waals surface area contributed by atoms with Crippen LogP contribution in [0.4, 0.5) is 0 Å². The minimum atomic E-state index is -0.869. The molecule has 0 aromatic rings. The zero-order chi connectivity index (χ0) is 9.94. The maximum atomic E-state index is 11.7. The largest absolute Gasteiger partial charge is 0.598 e. The highest BCUT2D eigenvalue weighted by Crippen LogP contribution is 2.19. The maximum absolute atomic E-state index is 11.7. The summed E-state index contributed by atoms with van der Waals surface area (Å²) in [7, 11) is 1.92. The zero-order valence-corrected chi connectivity index (χ0v) is 9.86. The second-order valence-electron chi connectivity index (χ2n) is 4.57. The van der Waals surface area contributed by atoms with Crippen molar-refractivity contribution >= 4 is 11.4 Å². The lowest BCUT2D eigenvalue weighted by Crippen LogP contribution is -2.42. The van der Waals surface area contributed by atoms with Crippen LogP contribution in [0.1, 0.15) is 34.6 Å². The van der Waals surface area contributed by atoms with Gasteiger partial charge in [-0.15, -0.1) is 4.31 Å². The Labute approximate surface area is 79.6 Å². The summed E-state index contributed by atoms with van der Waals surface area (Å²) in [6.45, 7) is 11.2. The van der Waals surface area contributed by atoms with Crippen LogP contribution in [0.3, 0.4) is 0 Å². The molecule has 2 nitrogen and oxygen atoms in total. The number of hydrogen-bond acceptors (Lipinski definition) is 2. The van der Waals surface area contributed by atoms with Gasteiger partial charge in [-0.3, -0.25) is 0 Å². The van der Waals surface area contributed by atoms with E-state index in [0.29, 0.717) is 5.92 Å². The van der Waals surface area contributed by atoms with Gasteiger partial charge in [0.15, 0.2) is 0 Å². The minimum Gasteiger partial charge on any atom is -0.598 e. The first-order valence-electron chi connectivity index (χ1n) is 4.38. The van der Waals surface area contributed by atoms with E-state index in [9.17, 15) is 4.55 Å². The molecule has 1 atom stereocenters. The standard InChI is InChI=1S/C9H21NOS/c1-8(2)7-10(6)12(11)9(3,4)5/h8H,7H2,1-6H3/t12-/m0/s1. The molecule has 0 aliphatic carbocycles. The Morgan fingerprint density at radius 1 is 1.33 bits per heavy atom. The molecule has 0 rings (SSSR count). The lowest BCUT2D eigenvalue weighted by molar-refractivity contribution is 0.402. The van der Waals surface area contributed by atoms with Crippen molar-refractivity contribution in [1.82, 2.24) is 4.31 Å². The highest BCUT2D eigenvalue weighted by atomic mass is 32.2. The number of hydrogen-bond donors (Lipinski definition) is 0. The molecule has 0 saturated carbocycles. The smallest absolute Gasteiger partial charge is 0.137 e. The van der Waals surface area contributed by atoms with Crippen molar-refractivity contribution in [3.63, 3.8) is 0 Å². The van der Waals surface area contributed by atoms with Crippen LogP contribution in [0.2, 0.25) is 0 Å². The van der Waals surface area contributed by atoms with Crippen molar-refractivity contribution in [2.45, 2.75) is 39.4 Å². The van der Waals surface area contributed by atoms with E-state index in [1.54, 1.807) is 0 Å². The van der Waals surface area contributed by atoms with Crippen LogP contribution in [0.15, 0.2) is 0 Å². The molecule has 0 bridgehead atoms. The predicted molar refractivity (Wildman–Crippen MR) is 55.4 cm³/mol. The Kier molecular flexibility index (Phi) is 4.59. The summed E-state index contributed by atoms with van der Waals surface area (Å²) < 4.78 is 13.5. The molecule has 0 aliphatic heterocycles. The van der Waals surface area contributed by atoms with Crippen molar-refractivity contribution in [3.05, 3.63) is 0 Å². The molecule has 0 fully saturated rings. The molecule has 12 heavy (non-hydrogen) atoms. The van der Waals surface area contributed by atoms with E-state index in [1.165, 1.54) is 0 Å². The normalized spacial score (nSPS) is 15.8. The van der Waals surface area contributed by atoms with Crippen LogP contribution in [0.5, 0.6) is 0 Å². The van der Waals surface area contributed by atoms with Crippen LogP contribution in [0.25, 0.3) is 0 Å². The monoisotopic (exact) mass is 191 g/mol. The molecular formula is C9H21NOS. The topological polar surface area (TPSA) is 26.3 Å². The van der Waals surface area contributed by atoms with E-state index in [4.69, 9.17) is 0 Å². The van der Waals surface area contributed by atoms with Crippen LogP contribution in [-0.4, -0.2) is 27.2 Å². The van der Waals surface area contributed by atoms with E-state index in [1.807, 2.05) is 32.1 Å². The molecule has 0 N–H and O–H groups in total. The number of rotatable bonds is 3. The van der Waals surface area contributed by atoms with Gasteiger partial charge in [-0.05, 0) is 26.7 Å². The molecule has 0 saturated heterocycles. The molecule has 0 unspecified atom stereocenters. The van der Waals surface area contributed by atoms with Gasteiger partial charge in [-0.25, -0.2) is 0 Å². The summed E-state index contributed by atoms with van der Waals surface area (Å²) in [6, 6.07) is 0. The first-order chi connectivity index (χ1) is 5.25. The Hall–Kier alpha value is 0.270. The van der Waals surface area contributed by atoms with Gasteiger partial charge in [0, 0.05) is 25.0 Å². The van der Waals surface area contributed by atoms with Gasteiger partial charge < -0.3 is 4.55 Å². The maximum Gasteiger partial charge on any atom is 0.137 e. The Bertz CT molecular complexity index is 131. The Morgan fingerprint density at radius 3 is 2.00 bits per heavy atom. The summed E-state index contributed by atoms with van der Waals surface area (Å²) in [4.78, 5) is 0. The molecule has 0 aromatic carbocycles. The average Bonchev–Trinajstić information content (AvgIpc) is 1.82. The molecule has 74 valence electrons. The fourth-order valence-corrected chi connectivity index (χ4v) is 2.42. The summed E-state index contributed by atoms with van der Waals surface area (Å²) in [6.07, 6.45) is 0. The molecular weight excluding hydrogens is 170 g/mol. The van der Waals surface area contributed by atoms with E-state index in [2.05, 4.69) is 13.8 Å². The minimum absolute atomic E-state index is 0.135. The Balaban J connectivity index is 4.01. The number of nitrogens with zero attached hydrogens (tertiary/aromatic N) is 1. The van der Waals surface area contributed by atoms with Crippen molar-refractivity contribution in [2.75, 3.05) is 13.6 Å². The van der Waals surface area contributed by atoms with Crippen LogP contribution in [-0.2, 0) is 11.4 Å². The fraction of sp³-hybridized carbons (Fsp3) is 1.00. The van der Waals surface area contributed by atoms with E-state index in [0.717, 1.165) is 6.54 Å². The van der Waals surface area contributed by atoms with Gasteiger partial charge in [0.1, 0.15) is 4.75 Å². The third kappa shape index (κ3) is 4.33. The molecule has 0 spiro atoms. The summed E-state index contributed by atoms with van der Waals surface area (Å²) in [5.41, 5.74) is 0. The molecule has 0 amide bonds. The van der Waals surface area contributed by atoms with Crippen LogP contribution in [0, 0.1) is 5.92 Å². The summed E-state index contributed by atoms with van der Waals surface area (Å²) in [5.74, 6) is 0.571. The van der Waals surface area contributed by atoms with Crippen molar-refractivity contribution < 1.29 is 4.55 Å². The van der Waals surface area contributed by atoms with E-state index >= 15 is 0 Å². The van der Waals surface area contributed by atoms with Gasteiger partial charge in [-0.1, -0.05) is 13.8 Å². The third-order valence-electron chi connectivity index (χ3n) is 1.43. The van der Waals surface area contributed by atoms with E-state index < -0.39 is 11.4 Å². The van der Waals surface area contributed by atoms with Crippen molar-refractivity contribution in [2.24, 2.45) is 5.92 Å². The van der Waals surface area contributed by atoms with Gasteiger partial charge in [0.05, 0.1) is 0 Å². The molecule has 0 radical (unpaired) electrons. The van der Waals surface area contributed by atoms with Gasteiger partial charge in [0.2, 0.25) is 0 Å². The van der Waals surface area contributed by atoms with Crippen LogP contribution < -0.4 is 0 Å². The summed E-state index contributed by atoms with van der Waals surface area (Å²) >= 11 is -0.869. The highest BCUT2D eigenvalue weighted by Gasteiger charge is 2.30. The SMILES string of the molecule is CC(C)CN(C)[S@@+]([O-])C(C)(C)C. The molecule has 0 heterocycles. The lowest BCUT2D eigenvalue weighted by atomic mass is 10.2. The summed E-state index contributed by atoms with van der Waals surface area (Å²) in [5, 5.41) is 0. The average molecular weight is 191 g/mol. The first kappa shape index (κ1) is 12.3. The van der Waals surface area contributed by atoms with Crippen molar-refractivity contribution in [1.29, 1.82) is 0 Å². The fourth-order valence-electron chi connectivity index (χ4n) is 1.05. The second-order valence-corrected chi connectivity index (χ2v) is 6.91. The van der Waals surface area contributed by atoms with Gasteiger partial charge in [-0.2, -0.15) is 0 Å². The van der Waals surface area contributed by atoms with Crippen LogP contribution >= 0.6 is 0 Å². The predicted octanol–water partition coefficient (Wildman–Crippen LogP) is 2.04. The third-order valence-corrected chi connectivity index (χ3v) is 3.19. The molecule has 0 aliphatic rings. The van der Waals surface area contributed by atoms with Crippen molar-refractivity contribution in [3.8, 4) is 0 Å². The first-order valence-corrected chi connectivity index (χ1v) is 5.49. The lowest BCUT2D eigenvalue weighted by Gasteiger charge is -2.30. The van der Waals surface area contributed by atoms with Gasteiger partial charge in [0.25, 0.3) is 0 Å². The van der Waals surface area contributed by atoms with Gasteiger partial charge >= 0.3 is 0 Å². The highest BCUT2D eigenvalue weighted by molar-refractivity contribution is 7.90. The molecule has 0 aromatic heterocycles. The Morgan fingerprint density at radius 2 is 1.75 bits per heavy atom. The van der Waals surface area contributed by atoms with E-state index in [-0.39, 0.29) is 4.75 Å².